The minimum atomic E-state index is 0.849. The molecule has 0 unspecified atom stereocenters. The smallest absolute Gasteiger partial charge is 0.00206 e. The Morgan fingerprint density at radius 3 is 1.87 bits per heavy atom. The fourth-order valence-electron chi connectivity index (χ4n) is 5.38. The molecule has 0 radical (unpaired) electrons. The summed E-state index contributed by atoms with van der Waals surface area (Å²) in [5.74, 6) is 0. The molecule has 186 valence electrons. The molecule has 0 bridgehead atoms. The van der Waals surface area contributed by atoms with Gasteiger partial charge in [-0.2, -0.15) is 0 Å². The Kier molecular flexibility index (Phi) is 7.01. The fourth-order valence-corrected chi connectivity index (χ4v) is 5.38. The van der Waals surface area contributed by atoms with Gasteiger partial charge >= 0.3 is 0 Å². The minimum absolute atomic E-state index is 0.849. The molecule has 6 aromatic carbocycles. The Bertz CT molecular complexity index is 1860. The van der Waals surface area contributed by atoms with E-state index in [4.69, 9.17) is 0 Å². The quantitative estimate of drug-likeness (QED) is 0.111. The van der Waals surface area contributed by atoms with E-state index < -0.39 is 0 Å². The Hall–Kier alpha value is -4.94. The summed E-state index contributed by atoms with van der Waals surface area (Å²) in [6, 6.07) is 39.3. The van der Waals surface area contributed by atoms with E-state index in [0.29, 0.717) is 0 Å². The van der Waals surface area contributed by atoms with Crippen molar-refractivity contribution in [1.82, 2.24) is 0 Å². The van der Waals surface area contributed by atoms with Crippen molar-refractivity contribution in [3.05, 3.63) is 168 Å². The Morgan fingerprint density at radius 2 is 1.18 bits per heavy atom. The van der Waals surface area contributed by atoms with E-state index in [2.05, 4.69) is 146 Å². The van der Waals surface area contributed by atoms with Crippen LogP contribution < -0.4 is 0 Å². The van der Waals surface area contributed by atoms with E-state index in [1.165, 1.54) is 60.1 Å². The summed E-state index contributed by atoms with van der Waals surface area (Å²) >= 11 is 0. The van der Waals surface area contributed by atoms with Gasteiger partial charge in [0.2, 0.25) is 0 Å². The molecule has 0 saturated heterocycles. The lowest BCUT2D eigenvalue weighted by Crippen LogP contribution is -1.89. The lowest BCUT2D eigenvalue weighted by molar-refractivity contribution is 1.40. The second-order valence-electron chi connectivity index (χ2n) is 9.76. The molecule has 0 aliphatic rings. The summed E-state index contributed by atoms with van der Waals surface area (Å²) in [5, 5.41) is 7.82. The molecule has 0 N–H and O–H groups in total. The van der Waals surface area contributed by atoms with Gasteiger partial charge in [-0.1, -0.05) is 164 Å². The number of benzene rings is 6. The SMILES string of the molecule is C=C/C=C\C=C/C/C(=C\c1ccc2ccc3c(C=Cc4ccccc4)ccc4ccc1c2c43)c1ccccc1. The van der Waals surface area contributed by atoms with E-state index in [1.807, 2.05) is 12.2 Å². The summed E-state index contributed by atoms with van der Waals surface area (Å²) in [6.07, 6.45) is 17.7. The topological polar surface area (TPSA) is 0 Å². The zero-order chi connectivity index (χ0) is 26.4. The summed E-state index contributed by atoms with van der Waals surface area (Å²) in [4.78, 5) is 0. The molecular formula is C39H30. The van der Waals surface area contributed by atoms with Gasteiger partial charge in [-0.05, 0) is 66.6 Å². The van der Waals surface area contributed by atoms with E-state index in [-0.39, 0.29) is 0 Å². The molecule has 0 amide bonds. The molecule has 6 rings (SSSR count). The number of hydrogen-bond acceptors (Lipinski definition) is 0. The number of allylic oxidation sites excluding steroid dienone is 6. The zero-order valence-corrected chi connectivity index (χ0v) is 21.9. The summed E-state index contributed by atoms with van der Waals surface area (Å²) in [7, 11) is 0. The molecule has 0 heterocycles. The third-order valence-electron chi connectivity index (χ3n) is 7.29. The normalized spacial score (nSPS) is 12.7. The van der Waals surface area contributed by atoms with E-state index >= 15 is 0 Å². The molecule has 0 aliphatic heterocycles. The maximum absolute atomic E-state index is 3.75. The van der Waals surface area contributed by atoms with Crippen LogP contribution in [0.15, 0.2) is 146 Å². The van der Waals surface area contributed by atoms with Crippen LogP contribution in [0.2, 0.25) is 0 Å². The lowest BCUT2D eigenvalue weighted by Gasteiger charge is -2.15. The van der Waals surface area contributed by atoms with Crippen LogP contribution in [-0.2, 0) is 0 Å². The second-order valence-corrected chi connectivity index (χ2v) is 9.76. The van der Waals surface area contributed by atoms with E-state index in [9.17, 15) is 0 Å². The van der Waals surface area contributed by atoms with Crippen LogP contribution in [-0.4, -0.2) is 0 Å². The Balaban J connectivity index is 1.50. The number of rotatable bonds is 8. The molecular weight excluding hydrogens is 468 g/mol. The monoisotopic (exact) mass is 498 g/mol. The van der Waals surface area contributed by atoms with Crippen LogP contribution in [0.3, 0.4) is 0 Å². The Morgan fingerprint density at radius 1 is 0.564 bits per heavy atom. The zero-order valence-electron chi connectivity index (χ0n) is 21.9. The van der Waals surface area contributed by atoms with Gasteiger partial charge in [-0.3, -0.25) is 0 Å². The van der Waals surface area contributed by atoms with E-state index in [1.54, 1.807) is 6.08 Å². The van der Waals surface area contributed by atoms with Crippen molar-refractivity contribution in [3.8, 4) is 0 Å². The molecule has 6 aromatic rings. The third-order valence-corrected chi connectivity index (χ3v) is 7.29. The van der Waals surface area contributed by atoms with Crippen LogP contribution in [0.1, 0.15) is 28.7 Å². The van der Waals surface area contributed by atoms with Crippen molar-refractivity contribution in [2.24, 2.45) is 0 Å². The van der Waals surface area contributed by atoms with Gasteiger partial charge in [0.05, 0.1) is 0 Å². The first-order chi connectivity index (χ1) is 19.3. The number of hydrogen-bond donors (Lipinski definition) is 0. The summed E-state index contributed by atoms with van der Waals surface area (Å²) in [5.41, 5.74) is 6.23. The molecule has 0 aromatic heterocycles. The fraction of sp³-hybridized carbons (Fsp3) is 0.0256. The highest BCUT2D eigenvalue weighted by Crippen LogP contribution is 2.39. The van der Waals surface area contributed by atoms with E-state index in [0.717, 1.165) is 6.42 Å². The van der Waals surface area contributed by atoms with Crippen LogP contribution >= 0.6 is 0 Å². The van der Waals surface area contributed by atoms with Crippen molar-refractivity contribution in [2.75, 3.05) is 0 Å². The summed E-state index contributed by atoms with van der Waals surface area (Å²) < 4.78 is 0. The van der Waals surface area contributed by atoms with Crippen LogP contribution in [0.4, 0.5) is 0 Å². The Labute approximate surface area is 230 Å². The molecule has 39 heavy (non-hydrogen) atoms. The first kappa shape index (κ1) is 24.4. The van der Waals surface area contributed by atoms with Crippen molar-refractivity contribution >= 4 is 56.1 Å². The van der Waals surface area contributed by atoms with Gasteiger partial charge in [-0.25, -0.2) is 0 Å². The lowest BCUT2D eigenvalue weighted by atomic mass is 9.89. The van der Waals surface area contributed by atoms with Gasteiger partial charge in [0.15, 0.2) is 0 Å². The molecule has 0 saturated carbocycles. The molecule has 0 aliphatic carbocycles. The third kappa shape index (κ3) is 5.10. The predicted molar refractivity (Wildman–Crippen MR) is 173 cm³/mol. The highest BCUT2D eigenvalue weighted by molar-refractivity contribution is 6.25. The van der Waals surface area contributed by atoms with Gasteiger partial charge in [0, 0.05) is 0 Å². The van der Waals surface area contributed by atoms with Gasteiger partial charge < -0.3 is 0 Å². The highest BCUT2D eigenvalue weighted by Gasteiger charge is 2.12. The molecule has 0 fully saturated rings. The van der Waals surface area contributed by atoms with Crippen molar-refractivity contribution < 1.29 is 0 Å². The van der Waals surface area contributed by atoms with Crippen molar-refractivity contribution in [1.29, 1.82) is 0 Å². The predicted octanol–water partition coefficient (Wildman–Crippen LogP) is 11.0. The van der Waals surface area contributed by atoms with Crippen LogP contribution in [0, 0.1) is 0 Å². The van der Waals surface area contributed by atoms with Gasteiger partial charge in [-0.15, -0.1) is 0 Å². The van der Waals surface area contributed by atoms with Crippen molar-refractivity contribution in [2.45, 2.75) is 6.42 Å². The maximum atomic E-state index is 3.75. The standard InChI is InChI=1S/C39H30/c1-2-3-4-5-10-17-34(30-15-11-7-12-16-30)28-35-23-22-33-24-26-36-31(19-18-29-13-8-6-9-14-29)20-21-32-25-27-37(35)39(33)38(32)36/h2-16,18-28H,1,17H2/b4-3-,10-5-,19-18?,34-28+. The van der Waals surface area contributed by atoms with Gasteiger partial charge in [0.1, 0.15) is 0 Å². The van der Waals surface area contributed by atoms with Crippen molar-refractivity contribution in [3.63, 3.8) is 0 Å². The molecule has 0 atom stereocenters. The largest absolute Gasteiger partial charge is 0.0991 e. The second kappa shape index (κ2) is 11.2. The van der Waals surface area contributed by atoms with Crippen LogP contribution in [0.25, 0.3) is 56.1 Å². The minimum Gasteiger partial charge on any atom is -0.0991 e. The average molecular weight is 499 g/mol. The van der Waals surface area contributed by atoms with Gasteiger partial charge in [0.25, 0.3) is 0 Å². The highest BCUT2D eigenvalue weighted by atomic mass is 14.2. The molecule has 0 heteroatoms. The first-order valence-corrected chi connectivity index (χ1v) is 13.5. The summed E-state index contributed by atoms with van der Waals surface area (Å²) in [6.45, 7) is 3.75. The first-order valence-electron chi connectivity index (χ1n) is 13.5. The maximum Gasteiger partial charge on any atom is -0.00206 e. The average Bonchev–Trinajstić information content (AvgIpc) is 3.00. The molecule has 0 spiro atoms. The van der Waals surface area contributed by atoms with Crippen LogP contribution in [0.5, 0.6) is 0 Å². The molecule has 0 nitrogen and oxygen atoms in total.